The van der Waals surface area contributed by atoms with Crippen molar-refractivity contribution in [2.75, 3.05) is 46.2 Å². The Morgan fingerprint density at radius 1 is 0.176 bits per heavy atom. The molecule has 0 atom stereocenters. The van der Waals surface area contributed by atoms with Crippen LogP contribution in [0.3, 0.4) is 0 Å². The number of unbranched alkanes of at least 4 members (excludes halogenated alkanes) is 39. The van der Waals surface area contributed by atoms with Gasteiger partial charge in [0.15, 0.2) is 34.5 Å². The topological polar surface area (TPSA) is 64.6 Å². The molecule has 0 bridgehead atoms. The summed E-state index contributed by atoms with van der Waals surface area (Å²) in [6.45, 7) is 20.5. The fourth-order valence-corrected chi connectivity index (χ4v) is 12.1. The number of hydrogen-bond acceptors (Lipinski definition) is 7. The summed E-state index contributed by atoms with van der Waals surface area (Å²) in [6, 6.07) is 11.5. The summed E-state index contributed by atoms with van der Waals surface area (Å²) in [7, 11) is 0. The average Bonchev–Trinajstić information content (AvgIpc) is 0.803. The lowest BCUT2D eigenvalue weighted by atomic mass is 9.92. The van der Waals surface area contributed by atoms with E-state index in [0.717, 1.165) is 143 Å². The molecule has 0 N–H and O–H groups in total. The van der Waals surface area contributed by atoms with Gasteiger partial charge in [0.2, 0.25) is 5.75 Å². The first-order valence-electron chi connectivity index (χ1n) is 37.0. The van der Waals surface area contributed by atoms with Crippen molar-refractivity contribution in [1.82, 2.24) is 0 Å². The third-order valence-corrected chi connectivity index (χ3v) is 17.5. The van der Waals surface area contributed by atoms with E-state index in [0.29, 0.717) is 46.2 Å². The van der Waals surface area contributed by atoms with Crippen LogP contribution >= 0.6 is 0 Å². The lowest BCUT2D eigenvalue weighted by molar-refractivity contribution is 0.236. The van der Waals surface area contributed by atoms with Gasteiger partial charge in [-0.1, -0.05) is 299 Å². The van der Waals surface area contributed by atoms with Crippen LogP contribution in [-0.2, 0) is 0 Å². The maximum absolute atomic E-state index is 7.37. The Labute approximate surface area is 523 Å². The Hall–Kier alpha value is -3.74. The zero-order valence-electron chi connectivity index (χ0n) is 56.7. The summed E-state index contributed by atoms with van der Waals surface area (Å²) in [5.74, 6) is 5.59. The van der Waals surface area contributed by atoms with Gasteiger partial charge in [-0.25, -0.2) is 0 Å². The normalized spacial score (nSPS) is 11.6. The molecule has 0 unspecified atom stereocenters. The molecule has 4 aromatic carbocycles. The predicted molar refractivity (Wildman–Crippen MR) is 370 cm³/mol. The van der Waals surface area contributed by atoms with Gasteiger partial charge in [-0.15, -0.1) is 0 Å². The van der Waals surface area contributed by atoms with Crippen LogP contribution in [0.15, 0.2) is 30.3 Å². The quantitative estimate of drug-likeness (QED) is 0.0322. The van der Waals surface area contributed by atoms with Crippen LogP contribution in [0.2, 0.25) is 0 Å². The molecule has 0 spiro atoms. The third kappa shape index (κ3) is 30.4. The van der Waals surface area contributed by atoms with E-state index in [1.54, 1.807) is 0 Å². The van der Waals surface area contributed by atoms with Crippen molar-refractivity contribution >= 4 is 32.3 Å². The Morgan fingerprint density at radius 2 is 0.353 bits per heavy atom. The molecule has 4 aromatic rings. The molecule has 0 aliphatic rings. The first-order valence-corrected chi connectivity index (χ1v) is 37.0. The Kier molecular flexibility index (Phi) is 43.5. The molecule has 0 saturated carbocycles. The molecule has 0 aliphatic carbocycles. The number of benzene rings is 4. The lowest BCUT2D eigenvalue weighted by Crippen LogP contribution is -2.08. The minimum atomic E-state index is 0.608. The van der Waals surface area contributed by atoms with Crippen molar-refractivity contribution in [3.05, 3.63) is 30.3 Å². The molecule has 0 aromatic heterocycles. The second-order valence-corrected chi connectivity index (χ2v) is 25.4. The van der Waals surface area contributed by atoms with Crippen molar-refractivity contribution in [1.29, 1.82) is 0 Å². The second kappa shape index (κ2) is 50.2. The Balaban J connectivity index is 2.02. The molecule has 486 valence electrons. The monoisotopic (exact) mass is 1180 g/mol. The van der Waals surface area contributed by atoms with E-state index in [2.05, 4.69) is 78.8 Å². The third-order valence-electron chi connectivity index (χ3n) is 17.5. The maximum atomic E-state index is 7.37. The van der Waals surface area contributed by atoms with Gasteiger partial charge in [0.25, 0.3) is 0 Å². The number of fused-ring (bicyclic) bond motifs is 6. The highest BCUT2D eigenvalue weighted by Gasteiger charge is 2.26. The number of rotatable bonds is 60. The molecular formula is C78H132O7. The van der Waals surface area contributed by atoms with Crippen molar-refractivity contribution in [2.24, 2.45) is 0 Å². The summed E-state index contributed by atoms with van der Waals surface area (Å²) < 4.78 is 49.4. The zero-order valence-corrected chi connectivity index (χ0v) is 56.7. The average molecular weight is 1180 g/mol. The van der Waals surface area contributed by atoms with E-state index in [-0.39, 0.29) is 0 Å². The van der Waals surface area contributed by atoms with Crippen LogP contribution in [0, 0.1) is 0 Å². The van der Waals surface area contributed by atoms with E-state index in [1.807, 2.05) is 0 Å². The van der Waals surface area contributed by atoms with Crippen molar-refractivity contribution < 1.29 is 33.2 Å². The predicted octanol–water partition coefficient (Wildman–Crippen LogP) is 25.9. The van der Waals surface area contributed by atoms with Gasteiger partial charge >= 0.3 is 0 Å². The van der Waals surface area contributed by atoms with E-state index in [1.165, 1.54) is 225 Å². The molecule has 0 radical (unpaired) electrons. The largest absolute Gasteiger partial charge is 0.490 e. The molecule has 0 amide bonds. The molecule has 4 rings (SSSR count). The van der Waals surface area contributed by atoms with Crippen LogP contribution in [0.25, 0.3) is 32.3 Å². The van der Waals surface area contributed by atoms with Gasteiger partial charge < -0.3 is 33.2 Å². The first-order chi connectivity index (χ1) is 42.1. The summed E-state index contributed by atoms with van der Waals surface area (Å²) in [4.78, 5) is 0. The minimum Gasteiger partial charge on any atom is -0.490 e. The molecule has 0 aliphatic heterocycles. The fourth-order valence-electron chi connectivity index (χ4n) is 12.1. The summed E-state index contributed by atoms with van der Waals surface area (Å²) in [6.07, 6.45) is 56.1. The van der Waals surface area contributed by atoms with Crippen molar-refractivity contribution in [3.63, 3.8) is 0 Å². The molecule has 85 heavy (non-hydrogen) atoms. The summed E-state index contributed by atoms with van der Waals surface area (Å²) in [5, 5.41) is 6.54. The van der Waals surface area contributed by atoms with Gasteiger partial charge in [-0.2, -0.15) is 0 Å². The van der Waals surface area contributed by atoms with Crippen LogP contribution in [0.5, 0.6) is 40.2 Å². The van der Waals surface area contributed by atoms with Gasteiger partial charge in [0.05, 0.1) is 46.2 Å². The van der Waals surface area contributed by atoms with Gasteiger partial charge in [-0.05, 0) is 102 Å². The van der Waals surface area contributed by atoms with Crippen LogP contribution < -0.4 is 33.2 Å². The van der Waals surface area contributed by atoms with Crippen molar-refractivity contribution in [2.45, 2.75) is 344 Å². The highest BCUT2D eigenvalue weighted by atomic mass is 16.5. The molecule has 0 heterocycles. The summed E-state index contributed by atoms with van der Waals surface area (Å²) >= 11 is 0. The smallest absolute Gasteiger partial charge is 0.204 e. The van der Waals surface area contributed by atoms with Gasteiger partial charge in [0.1, 0.15) is 0 Å². The van der Waals surface area contributed by atoms with Crippen LogP contribution in [0.1, 0.15) is 344 Å². The molecular weight excluding hydrogens is 1050 g/mol. The fraction of sp³-hybridized carbons (Fsp3) is 0.769. The Bertz CT molecular complexity index is 2180. The Morgan fingerprint density at radius 3 is 0.612 bits per heavy atom. The number of hydrogen-bond donors (Lipinski definition) is 0. The van der Waals surface area contributed by atoms with Crippen LogP contribution in [-0.4, -0.2) is 46.2 Å². The molecule has 0 saturated heterocycles. The van der Waals surface area contributed by atoms with E-state index < -0.39 is 0 Å². The summed E-state index contributed by atoms with van der Waals surface area (Å²) in [5.41, 5.74) is 0. The highest BCUT2D eigenvalue weighted by Crippen LogP contribution is 2.52. The van der Waals surface area contributed by atoms with Gasteiger partial charge in [-0.3, -0.25) is 0 Å². The molecule has 7 nitrogen and oxygen atoms in total. The highest BCUT2D eigenvalue weighted by molar-refractivity contribution is 6.28. The SMILES string of the molecule is CCCCCCCCCCOc1c(OCCCCCCCC)cc2c3cc(OCCCCCCCC)c(OCCCCCCCC)cc3c3cc(OCCCCCCCC)c(OCCCCCCCC)cc3c2c1OCCCCCCCCCC. The lowest BCUT2D eigenvalue weighted by Gasteiger charge is -2.23. The zero-order chi connectivity index (χ0) is 60.5. The van der Waals surface area contributed by atoms with Gasteiger partial charge in [0, 0.05) is 5.39 Å². The van der Waals surface area contributed by atoms with Crippen LogP contribution in [0.4, 0.5) is 0 Å². The number of ether oxygens (including phenoxy) is 7. The molecule has 7 heteroatoms. The maximum Gasteiger partial charge on any atom is 0.204 e. The van der Waals surface area contributed by atoms with E-state index in [4.69, 9.17) is 33.2 Å². The second-order valence-electron chi connectivity index (χ2n) is 25.4. The minimum absolute atomic E-state index is 0.608. The van der Waals surface area contributed by atoms with Crippen molar-refractivity contribution in [3.8, 4) is 40.2 Å². The molecule has 0 fully saturated rings. The van der Waals surface area contributed by atoms with E-state index in [9.17, 15) is 0 Å². The van der Waals surface area contributed by atoms with E-state index >= 15 is 0 Å². The standard InChI is InChI=1S/C78H132O7/c1-8-15-22-29-36-38-45-52-59-84-77-75(83-58-51-44-35-28-21-14-7)65-70-68-63-72(80-55-48-41-32-25-18-11-4)71(79-54-47-40-31-24-17-10-3)61-66(68)67-62-73(81-56-49-42-33-26-19-12-5)74(82-57-50-43-34-27-20-13-6)64-69(67)76(70)78(77)85-60-53-46-39-37-30-23-16-9-2/h61-65H,8-60H2,1-7H3. The first kappa shape index (κ1) is 73.7.